The maximum Gasteiger partial charge on any atom is 0.255 e. The number of amides is 1. The second kappa shape index (κ2) is 10.8. The number of ether oxygens (including phenoxy) is 2. The van der Waals surface area contributed by atoms with Crippen molar-refractivity contribution in [2.45, 2.75) is 25.8 Å². The molecule has 37 heavy (non-hydrogen) atoms. The Bertz CT molecular complexity index is 1530. The first-order valence-corrected chi connectivity index (χ1v) is 12.4. The van der Waals surface area contributed by atoms with E-state index in [9.17, 15) is 9.90 Å². The summed E-state index contributed by atoms with van der Waals surface area (Å²) in [4.78, 5) is 16.7. The van der Waals surface area contributed by atoms with E-state index in [4.69, 9.17) is 13.9 Å². The number of fused-ring (bicyclic) bond motifs is 2. The Morgan fingerprint density at radius 3 is 2.76 bits per heavy atom. The number of nitrogens with one attached hydrogen (secondary N) is 2. The molecule has 190 valence electrons. The van der Waals surface area contributed by atoms with Gasteiger partial charge in [0.05, 0.1) is 31.9 Å². The van der Waals surface area contributed by atoms with Crippen molar-refractivity contribution < 1.29 is 23.8 Å². The van der Waals surface area contributed by atoms with Crippen LogP contribution < -0.4 is 14.8 Å². The Balaban J connectivity index is 1.44. The molecule has 0 spiro atoms. The number of H-pyrrole nitrogens is 1. The van der Waals surface area contributed by atoms with E-state index in [1.165, 1.54) is 0 Å². The lowest BCUT2D eigenvalue weighted by molar-refractivity contribution is 0.0912. The zero-order chi connectivity index (χ0) is 25.8. The molecule has 2 heterocycles. The van der Waals surface area contributed by atoms with E-state index in [1.807, 2.05) is 67.7 Å². The number of aromatic nitrogens is 1. The molecule has 0 saturated carbocycles. The number of methoxy groups -OCH3 is 1. The molecule has 0 aliphatic carbocycles. The lowest BCUT2D eigenvalue weighted by Gasteiger charge is -2.18. The average Bonchev–Trinajstić information content (AvgIpc) is 3.55. The first kappa shape index (κ1) is 24.5. The van der Waals surface area contributed by atoms with Crippen LogP contribution in [0.25, 0.3) is 33.2 Å². The summed E-state index contributed by atoms with van der Waals surface area (Å²) in [6, 6.07) is 20.6. The van der Waals surface area contributed by atoms with Crippen molar-refractivity contribution in [3.8, 4) is 22.8 Å². The van der Waals surface area contributed by atoms with Gasteiger partial charge in [0.2, 0.25) is 0 Å². The van der Waals surface area contributed by atoms with Crippen LogP contribution >= 0.6 is 0 Å². The smallest absolute Gasteiger partial charge is 0.255 e. The van der Waals surface area contributed by atoms with Crippen molar-refractivity contribution in [1.82, 2.24) is 10.3 Å². The van der Waals surface area contributed by atoms with Crippen LogP contribution in [0.5, 0.6) is 11.5 Å². The van der Waals surface area contributed by atoms with Crippen molar-refractivity contribution in [3.63, 3.8) is 0 Å². The van der Waals surface area contributed by atoms with Gasteiger partial charge in [0, 0.05) is 28.0 Å². The number of carbonyl (C=O) groups is 1. The Morgan fingerprint density at radius 1 is 1.08 bits per heavy atom. The molecule has 7 nitrogen and oxygen atoms in total. The molecule has 1 amide bonds. The fourth-order valence-electron chi connectivity index (χ4n) is 4.53. The average molecular weight is 499 g/mol. The molecule has 0 aliphatic heterocycles. The minimum absolute atomic E-state index is 0.195. The molecule has 3 aromatic carbocycles. The fourth-order valence-corrected chi connectivity index (χ4v) is 4.53. The maximum absolute atomic E-state index is 13.5. The van der Waals surface area contributed by atoms with E-state index < -0.39 is 6.04 Å². The summed E-state index contributed by atoms with van der Waals surface area (Å²) in [5.41, 5.74) is 3.82. The van der Waals surface area contributed by atoms with Gasteiger partial charge in [-0.3, -0.25) is 4.79 Å². The van der Waals surface area contributed by atoms with Gasteiger partial charge in [-0.15, -0.1) is 0 Å². The van der Waals surface area contributed by atoms with Crippen LogP contribution in [0.3, 0.4) is 0 Å². The van der Waals surface area contributed by atoms with Crippen molar-refractivity contribution in [3.05, 3.63) is 84.1 Å². The minimum Gasteiger partial charge on any atom is -0.493 e. The molecule has 7 heteroatoms. The molecule has 5 rings (SSSR count). The summed E-state index contributed by atoms with van der Waals surface area (Å²) >= 11 is 0. The van der Waals surface area contributed by atoms with Crippen LogP contribution in [0.15, 0.2) is 77.3 Å². The number of rotatable bonds is 10. The molecule has 1 atom stereocenters. The standard InChI is InChI=1S/C30H30N2O5/c1-3-13-36-26-12-11-19(28-16-20-7-6-10-27(35-2)29(20)37-28)15-24(26)30(34)32-22(18-33)14-21-17-31-25-9-5-4-8-23(21)25/h4-12,15-17,22,31,33H,3,13-14,18H2,1-2H3,(H,32,34)/t22-/m1/s1. The highest BCUT2D eigenvalue weighted by molar-refractivity contribution is 5.99. The molecule has 0 saturated heterocycles. The van der Waals surface area contributed by atoms with Crippen LogP contribution in [-0.2, 0) is 6.42 Å². The highest BCUT2D eigenvalue weighted by Gasteiger charge is 2.21. The molecule has 2 aromatic heterocycles. The predicted molar refractivity (Wildman–Crippen MR) is 144 cm³/mol. The summed E-state index contributed by atoms with van der Waals surface area (Å²) < 4.78 is 17.4. The van der Waals surface area contributed by atoms with Gasteiger partial charge >= 0.3 is 0 Å². The van der Waals surface area contributed by atoms with E-state index in [2.05, 4.69) is 10.3 Å². The summed E-state index contributed by atoms with van der Waals surface area (Å²) in [7, 11) is 1.60. The summed E-state index contributed by atoms with van der Waals surface area (Å²) in [5, 5.41) is 15.1. The van der Waals surface area contributed by atoms with Gasteiger partial charge in [0.1, 0.15) is 11.5 Å². The molecule has 0 unspecified atom stereocenters. The lowest BCUT2D eigenvalue weighted by Crippen LogP contribution is -2.39. The molecular weight excluding hydrogens is 468 g/mol. The van der Waals surface area contributed by atoms with Crippen molar-refractivity contribution in [1.29, 1.82) is 0 Å². The number of aliphatic hydroxyl groups excluding tert-OH is 1. The number of furan rings is 1. The lowest BCUT2D eigenvalue weighted by atomic mass is 10.0. The van der Waals surface area contributed by atoms with E-state index >= 15 is 0 Å². The van der Waals surface area contributed by atoms with Gasteiger partial charge in [0.15, 0.2) is 11.3 Å². The Labute approximate surface area is 215 Å². The van der Waals surface area contributed by atoms with E-state index in [1.54, 1.807) is 19.2 Å². The van der Waals surface area contributed by atoms with Gasteiger partial charge in [-0.05, 0) is 54.8 Å². The third-order valence-corrected chi connectivity index (χ3v) is 6.40. The predicted octanol–water partition coefficient (Wildman–Crippen LogP) is 5.71. The second-order valence-corrected chi connectivity index (χ2v) is 8.97. The third kappa shape index (κ3) is 5.04. The van der Waals surface area contributed by atoms with Crippen LogP contribution in [0.4, 0.5) is 0 Å². The van der Waals surface area contributed by atoms with E-state index in [0.29, 0.717) is 41.4 Å². The van der Waals surface area contributed by atoms with Crippen LogP contribution in [0.2, 0.25) is 0 Å². The number of benzene rings is 3. The second-order valence-electron chi connectivity index (χ2n) is 8.97. The Hall–Kier alpha value is -4.23. The molecule has 0 bridgehead atoms. The largest absolute Gasteiger partial charge is 0.493 e. The molecule has 0 radical (unpaired) electrons. The van der Waals surface area contributed by atoms with Gasteiger partial charge in [-0.1, -0.05) is 37.3 Å². The van der Waals surface area contributed by atoms with Crippen molar-refractivity contribution in [2.75, 3.05) is 20.3 Å². The molecule has 3 N–H and O–H groups in total. The summed E-state index contributed by atoms with van der Waals surface area (Å²) in [6.45, 7) is 2.30. The van der Waals surface area contributed by atoms with Crippen molar-refractivity contribution in [2.24, 2.45) is 0 Å². The highest BCUT2D eigenvalue weighted by Crippen LogP contribution is 2.35. The Kier molecular flexibility index (Phi) is 7.14. The molecule has 0 aliphatic rings. The van der Waals surface area contributed by atoms with Crippen LogP contribution in [-0.4, -0.2) is 42.4 Å². The SMILES string of the molecule is CCCOc1ccc(-c2cc3cccc(OC)c3o2)cc1C(=O)N[C@@H](CO)Cc1c[nH]c2ccccc12. The number of carbonyl (C=O) groups excluding carboxylic acids is 1. The number of aliphatic hydroxyl groups is 1. The maximum atomic E-state index is 13.5. The third-order valence-electron chi connectivity index (χ3n) is 6.40. The van der Waals surface area contributed by atoms with Crippen molar-refractivity contribution >= 4 is 27.8 Å². The van der Waals surface area contributed by atoms with E-state index in [-0.39, 0.29) is 12.5 Å². The number of aromatic amines is 1. The zero-order valence-corrected chi connectivity index (χ0v) is 20.9. The summed E-state index contributed by atoms with van der Waals surface area (Å²) in [5.74, 6) is 1.43. The topological polar surface area (TPSA) is 96.7 Å². The zero-order valence-electron chi connectivity index (χ0n) is 20.9. The number of hydrogen-bond acceptors (Lipinski definition) is 5. The van der Waals surface area contributed by atoms with Gasteiger partial charge in [0.25, 0.3) is 5.91 Å². The monoisotopic (exact) mass is 498 g/mol. The quantitative estimate of drug-likeness (QED) is 0.229. The minimum atomic E-state index is -0.468. The van der Waals surface area contributed by atoms with Crippen LogP contribution in [0.1, 0.15) is 29.3 Å². The normalized spacial score (nSPS) is 12.1. The molecule has 5 aromatic rings. The highest BCUT2D eigenvalue weighted by atomic mass is 16.5. The van der Waals surface area contributed by atoms with Gasteiger partial charge < -0.3 is 29.3 Å². The van der Waals surface area contributed by atoms with E-state index in [0.717, 1.165) is 33.8 Å². The number of para-hydroxylation sites is 2. The first-order chi connectivity index (χ1) is 18.1. The number of hydrogen-bond donors (Lipinski definition) is 3. The fraction of sp³-hybridized carbons (Fsp3) is 0.233. The summed E-state index contributed by atoms with van der Waals surface area (Å²) in [6.07, 6.45) is 3.22. The molecular formula is C30H30N2O5. The first-order valence-electron chi connectivity index (χ1n) is 12.4. The molecule has 0 fully saturated rings. The van der Waals surface area contributed by atoms with Gasteiger partial charge in [-0.2, -0.15) is 0 Å². The van der Waals surface area contributed by atoms with Crippen LogP contribution in [0, 0.1) is 0 Å². The Morgan fingerprint density at radius 2 is 1.95 bits per heavy atom. The van der Waals surface area contributed by atoms with Gasteiger partial charge in [-0.25, -0.2) is 0 Å².